The molecule has 8 nitrogen and oxygen atoms in total. The van der Waals surface area contributed by atoms with Gasteiger partial charge in [-0.1, -0.05) is 0 Å². The van der Waals surface area contributed by atoms with Crippen LogP contribution in [0.3, 0.4) is 0 Å². The molecule has 1 aromatic heterocycles. The van der Waals surface area contributed by atoms with Gasteiger partial charge in [0.05, 0.1) is 6.10 Å². The highest BCUT2D eigenvalue weighted by Crippen LogP contribution is 2.39. The molecule has 1 aliphatic heterocycles. The molecule has 2 rings (SSSR count). The number of anilines is 1. The Morgan fingerprint density at radius 2 is 2.27 bits per heavy atom. The molecular formula is C13H16ClN3O5. The van der Waals surface area contributed by atoms with Gasteiger partial charge in [-0.2, -0.15) is 4.98 Å². The highest BCUT2D eigenvalue weighted by Gasteiger charge is 2.57. The molecule has 0 radical (unpaired) electrons. The van der Waals surface area contributed by atoms with Gasteiger partial charge in [0, 0.05) is 11.1 Å². The zero-order valence-corrected chi connectivity index (χ0v) is 12.7. The number of hydrogen-bond acceptors (Lipinski definition) is 7. The van der Waals surface area contributed by atoms with Gasteiger partial charge in [0.25, 0.3) is 0 Å². The highest BCUT2D eigenvalue weighted by molar-refractivity contribution is 6.30. The lowest BCUT2D eigenvalue weighted by Gasteiger charge is -2.27. The van der Waals surface area contributed by atoms with Crippen molar-refractivity contribution in [2.24, 2.45) is 0 Å². The third kappa shape index (κ3) is 2.58. The summed E-state index contributed by atoms with van der Waals surface area (Å²) >= 11 is 5.35. The van der Waals surface area contributed by atoms with Crippen molar-refractivity contribution in [3.05, 3.63) is 22.2 Å². The Kier molecular flexibility index (Phi) is 4.47. The summed E-state index contributed by atoms with van der Waals surface area (Å²) < 4.78 is 6.47. The first-order chi connectivity index (χ1) is 10.2. The van der Waals surface area contributed by atoms with E-state index in [4.69, 9.17) is 22.1 Å². The van der Waals surface area contributed by atoms with E-state index in [1.54, 1.807) is 6.92 Å². The summed E-state index contributed by atoms with van der Waals surface area (Å²) in [6.07, 6.45) is -5.24. The number of aliphatic hydroxyl groups excluding tert-OH is 2. The smallest absolute Gasteiger partial charge is 0.351 e. The topological polar surface area (TPSA) is 131 Å². The number of aromatic nitrogens is 2. The number of nitrogens with zero attached hydrogens (tertiary/aromatic N) is 2. The molecule has 0 bridgehead atoms. The quantitative estimate of drug-likeness (QED) is 0.496. The third-order valence-corrected chi connectivity index (χ3v) is 3.64. The predicted octanol–water partition coefficient (Wildman–Crippen LogP) is -1.30. The molecule has 9 heteroatoms. The Bertz CT molecular complexity index is 695. The SMILES string of the molecule is Cc1cc(N)nc(=O)n1[C@@H]1OC([C@@H](C)O)[C@H](O)C1(O)C#CCl. The molecule has 1 fully saturated rings. The van der Waals surface area contributed by atoms with E-state index in [9.17, 15) is 20.1 Å². The number of aryl methyl sites for hydroxylation is 1. The van der Waals surface area contributed by atoms with Crippen molar-refractivity contribution in [2.75, 3.05) is 5.73 Å². The summed E-state index contributed by atoms with van der Waals surface area (Å²) in [5.74, 6) is 2.25. The fourth-order valence-corrected chi connectivity index (χ4v) is 2.64. The molecule has 5 N–H and O–H groups in total. The second kappa shape index (κ2) is 5.87. The van der Waals surface area contributed by atoms with Gasteiger partial charge in [-0.3, -0.25) is 4.57 Å². The molecule has 1 saturated heterocycles. The molecule has 0 amide bonds. The van der Waals surface area contributed by atoms with E-state index in [0.717, 1.165) is 4.57 Å². The van der Waals surface area contributed by atoms with E-state index in [1.807, 2.05) is 5.38 Å². The third-order valence-electron chi connectivity index (χ3n) is 3.55. The Balaban J connectivity index is 2.62. The van der Waals surface area contributed by atoms with Gasteiger partial charge < -0.3 is 25.8 Å². The summed E-state index contributed by atoms with van der Waals surface area (Å²) in [6, 6.07) is 1.40. The predicted molar refractivity (Wildman–Crippen MR) is 77.8 cm³/mol. The minimum atomic E-state index is -2.18. The van der Waals surface area contributed by atoms with E-state index >= 15 is 0 Å². The van der Waals surface area contributed by atoms with Crippen LogP contribution < -0.4 is 11.4 Å². The van der Waals surface area contributed by atoms with Crippen LogP contribution in [-0.4, -0.2) is 48.8 Å². The zero-order valence-electron chi connectivity index (χ0n) is 11.9. The first kappa shape index (κ1) is 16.7. The van der Waals surface area contributed by atoms with Crippen LogP contribution in [0.15, 0.2) is 10.9 Å². The van der Waals surface area contributed by atoms with Gasteiger partial charge >= 0.3 is 5.69 Å². The standard InChI is InChI=1S/C13H16ClN3O5/c1-6-5-8(15)16-12(20)17(6)11-13(21,3-4-14)10(19)9(22-11)7(2)18/h5,7,9-11,18-19,21H,1-2H3,(H2,15,16,20)/t7-,9?,10+,11-,13?/m1/s1. The van der Waals surface area contributed by atoms with E-state index in [1.165, 1.54) is 13.0 Å². The van der Waals surface area contributed by atoms with Crippen molar-refractivity contribution in [3.63, 3.8) is 0 Å². The summed E-state index contributed by atoms with van der Waals surface area (Å²) in [5.41, 5.74) is 2.87. The van der Waals surface area contributed by atoms with E-state index in [2.05, 4.69) is 10.9 Å². The minimum absolute atomic E-state index is 0.0105. The molecule has 0 aromatic carbocycles. The van der Waals surface area contributed by atoms with Crippen LogP contribution in [0.25, 0.3) is 0 Å². The first-order valence-corrected chi connectivity index (χ1v) is 6.82. The summed E-state index contributed by atoms with van der Waals surface area (Å²) in [5, 5.41) is 32.5. The van der Waals surface area contributed by atoms with Gasteiger partial charge in [0.2, 0.25) is 5.60 Å². The molecular weight excluding hydrogens is 314 g/mol. The van der Waals surface area contributed by atoms with Crippen LogP contribution in [0.1, 0.15) is 18.8 Å². The number of halogens is 1. The molecule has 1 aliphatic rings. The number of aliphatic hydroxyl groups is 3. The first-order valence-electron chi connectivity index (χ1n) is 6.44. The van der Waals surface area contributed by atoms with Crippen molar-refractivity contribution in [1.29, 1.82) is 0 Å². The number of ether oxygens (including phenoxy) is 1. The number of nitrogens with two attached hydrogens (primary N) is 1. The van der Waals surface area contributed by atoms with E-state index in [-0.39, 0.29) is 5.82 Å². The number of nitrogen functional groups attached to an aromatic ring is 1. The van der Waals surface area contributed by atoms with Crippen molar-refractivity contribution < 1.29 is 20.1 Å². The monoisotopic (exact) mass is 329 g/mol. The maximum absolute atomic E-state index is 12.1. The largest absolute Gasteiger partial charge is 0.391 e. The molecule has 1 aromatic rings. The van der Waals surface area contributed by atoms with Gasteiger partial charge in [0.1, 0.15) is 18.0 Å². The van der Waals surface area contributed by atoms with Crippen molar-refractivity contribution >= 4 is 17.4 Å². The average Bonchev–Trinajstić information content (AvgIpc) is 2.63. The van der Waals surface area contributed by atoms with Crippen LogP contribution in [0.4, 0.5) is 5.82 Å². The Morgan fingerprint density at radius 3 is 2.77 bits per heavy atom. The second-order valence-corrected chi connectivity index (χ2v) is 5.35. The highest BCUT2D eigenvalue weighted by atomic mass is 35.5. The molecule has 0 spiro atoms. The minimum Gasteiger partial charge on any atom is -0.391 e. The molecule has 5 atom stereocenters. The lowest BCUT2D eigenvalue weighted by Crippen LogP contribution is -2.49. The zero-order chi connectivity index (χ0) is 16.7. The van der Waals surface area contributed by atoms with Crippen LogP contribution in [0.5, 0.6) is 0 Å². The molecule has 0 aliphatic carbocycles. The normalized spacial score (nSPS) is 32.4. The van der Waals surface area contributed by atoms with Crippen LogP contribution >= 0.6 is 11.6 Å². The summed E-state index contributed by atoms with van der Waals surface area (Å²) in [4.78, 5) is 15.6. The van der Waals surface area contributed by atoms with Gasteiger partial charge in [-0.05, 0) is 37.4 Å². The lowest BCUT2D eigenvalue weighted by molar-refractivity contribution is -0.0891. The fraction of sp³-hybridized carbons (Fsp3) is 0.538. The van der Waals surface area contributed by atoms with Crippen LogP contribution in [0, 0.1) is 18.2 Å². The van der Waals surface area contributed by atoms with Gasteiger partial charge in [-0.15, -0.1) is 0 Å². The van der Waals surface area contributed by atoms with Crippen molar-refractivity contribution in [1.82, 2.24) is 9.55 Å². The second-order valence-electron chi connectivity index (χ2n) is 5.16. The van der Waals surface area contributed by atoms with E-state index in [0.29, 0.717) is 5.69 Å². The van der Waals surface area contributed by atoms with Gasteiger partial charge in [-0.25, -0.2) is 4.79 Å². The number of rotatable bonds is 2. The molecule has 120 valence electrons. The lowest BCUT2D eigenvalue weighted by atomic mass is 9.93. The maximum Gasteiger partial charge on any atom is 0.351 e. The Hall–Kier alpha value is -1.63. The van der Waals surface area contributed by atoms with Crippen molar-refractivity contribution in [3.8, 4) is 11.3 Å². The van der Waals surface area contributed by atoms with E-state index < -0.39 is 35.8 Å². The average molecular weight is 330 g/mol. The Morgan fingerprint density at radius 1 is 1.64 bits per heavy atom. The summed E-state index contributed by atoms with van der Waals surface area (Å²) in [7, 11) is 0. The van der Waals surface area contributed by atoms with Crippen LogP contribution in [-0.2, 0) is 4.74 Å². The molecule has 0 saturated carbocycles. The van der Waals surface area contributed by atoms with Gasteiger partial charge in [0.15, 0.2) is 6.23 Å². The Labute approximate surface area is 131 Å². The number of hydrogen-bond donors (Lipinski definition) is 4. The molecule has 22 heavy (non-hydrogen) atoms. The fourth-order valence-electron chi connectivity index (χ4n) is 2.49. The summed E-state index contributed by atoms with van der Waals surface area (Å²) in [6.45, 7) is 2.93. The molecule has 2 heterocycles. The van der Waals surface area contributed by atoms with Crippen LogP contribution in [0.2, 0.25) is 0 Å². The molecule has 2 unspecified atom stereocenters. The van der Waals surface area contributed by atoms with Crippen molar-refractivity contribution in [2.45, 2.75) is 44.0 Å². The maximum atomic E-state index is 12.1.